The van der Waals surface area contributed by atoms with Gasteiger partial charge in [-0.2, -0.15) is 0 Å². The van der Waals surface area contributed by atoms with Crippen LogP contribution in [-0.2, 0) is 0 Å². The Balaban J connectivity index is 1.63. The molecule has 0 spiro atoms. The fourth-order valence-corrected chi connectivity index (χ4v) is 3.61. The number of anilines is 2. The molecule has 1 aromatic carbocycles. The van der Waals surface area contributed by atoms with Crippen molar-refractivity contribution in [3.63, 3.8) is 0 Å². The third-order valence-corrected chi connectivity index (χ3v) is 4.72. The molecule has 0 aliphatic heterocycles. The molecule has 2 unspecified atom stereocenters. The van der Waals surface area contributed by atoms with E-state index in [1.807, 2.05) is 18.2 Å². The Bertz CT molecular complexity index is 823. The Hall–Kier alpha value is -2.56. The first-order valence-corrected chi connectivity index (χ1v) is 7.65. The lowest BCUT2D eigenvalue weighted by molar-refractivity contribution is 0.523. The summed E-state index contributed by atoms with van der Waals surface area (Å²) in [7, 11) is 0. The molecule has 5 heteroatoms. The lowest BCUT2D eigenvalue weighted by atomic mass is 9.97. The highest BCUT2D eigenvalue weighted by Gasteiger charge is 2.28. The van der Waals surface area contributed by atoms with Gasteiger partial charge in [0.1, 0.15) is 17.8 Å². The van der Waals surface area contributed by atoms with Crippen molar-refractivity contribution >= 4 is 22.5 Å². The summed E-state index contributed by atoms with van der Waals surface area (Å²) in [4.78, 5) is 8.47. The van der Waals surface area contributed by atoms with Crippen LogP contribution in [0.2, 0.25) is 0 Å². The first kappa shape index (κ1) is 13.1. The highest BCUT2D eigenvalue weighted by Crippen LogP contribution is 2.42. The molecule has 2 atom stereocenters. The molecule has 3 aromatic rings. The Labute approximate surface area is 129 Å². The molecule has 0 amide bonds. The van der Waals surface area contributed by atoms with Crippen molar-refractivity contribution in [2.75, 3.05) is 11.5 Å². The maximum atomic E-state index is 5.92. The van der Waals surface area contributed by atoms with E-state index in [0.717, 1.165) is 29.6 Å². The predicted octanol–water partition coefficient (Wildman–Crippen LogP) is 3.10. The van der Waals surface area contributed by atoms with Gasteiger partial charge in [0.25, 0.3) is 0 Å². The van der Waals surface area contributed by atoms with Crippen LogP contribution in [0.1, 0.15) is 36.8 Å². The third-order valence-electron chi connectivity index (χ3n) is 4.72. The van der Waals surface area contributed by atoms with E-state index in [2.05, 4.69) is 32.9 Å². The van der Waals surface area contributed by atoms with E-state index in [1.165, 1.54) is 12.0 Å². The number of nitrogens with zero attached hydrogens (tertiary/aromatic N) is 3. The lowest BCUT2D eigenvalue weighted by Gasteiger charge is -2.15. The van der Waals surface area contributed by atoms with E-state index in [1.54, 1.807) is 6.33 Å². The average Bonchev–Trinajstić information content (AvgIpc) is 3.14. The van der Waals surface area contributed by atoms with Crippen molar-refractivity contribution in [2.45, 2.75) is 31.2 Å². The zero-order valence-corrected chi connectivity index (χ0v) is 12.3. The third kappa shape index (κ3) is 2.09. The van der Waals surface area contributed by atoms with Gasteiger partial charge in [-0.1, -0.05) is 12.1 Å². The standard InChI is InChI=1S/C17H19N5/c18-13-3-1-2-11(8-13)12-4-5-14(9-12)22-7-6-15-16(19)20-10-21-17(15)22/h1-3,6-8,10,12,14H,4-5,9,18H2,(H2,19,20,21). The number of nitrogens with two attached hydrogens (primary N) is 2. The highest BCUT2D eigenvalue weighted by molar-refractivity contribution is 5.86. The van der Waals surface area contributed by atoms with Gasteiger partial charge >= 0.3 is 0 Å². The summed E-state index contributed by atoms with van der Waals surface area (Å²) < 4.78 is 2.25. The minimum Gasteiger partial charge on any atom is -0.399 e. The van der Waals surface area contributed by atoms with Gasteiger partial charge in [0.2, 0.25) is 0 Å². The molecule has 112 valence electrons. The summed E-state index contributed by atoms with van der Waals surface area (Å²) in [5.74, 6) is 1.11. The van der Waals surface area contributed by atoms with Gasteiger partial charge < -0.3 is 16.0 Å². The van der Waals surface area contributed by atoms with Crippen LogP contribution in [0, 0.1) is 0 Å². The van der Waals surface area contributed by atoms with Crippen LogP contribution in [0.4, 0.5) is 11.5 Å². The van der Waals surface area contributed by atoms with Crippen molar-refractivity contribution in [1.82, 2.24) is 14.5 Å². The Morgan fingerprint density at radius 1 is 1.09 bits per heavy atom. The van der Waals surface area contributed by atoms with Gasteiger partial charge in [0.05, 0.1) is 5.39 Å². The Kier molecular flexibility index (Phi) is 2.99. The second kappa shape index (κ2) is 5.02. The van der Waals surface area contributed by atoms with Crippen molar-refractivity contribution < 1.29 is 0 Å². The first-order chi connectivity index (χ1) is 10.7. The van der Waals surface area contributed by atoms with Crippen LogP contribution < -0.4 is 11.5 Å². The first-order valence-electron chi connectivity index (χ1n) is 7.65. The fraction of sp³-hybridized carbons (Fsp3) is 0.294. The van der Waals surface area contributed by atoms with Crippen LogP contribution in [-0.4, -0.2) is 14.5 Å². The van der Waals surface area contributed by atoms with Gasteiger partial charge in [-0.15, -0.1) is 0 Å². The molecule has 0 saturated heterocycles. The molecular formula is C17H19N5. The van der Waals surface area contributed by atoms with E-state index in [0.29, 0.717) is 17.8 Å². The molecule has 22 heavy (non-hydrogen) atoms. The number of hydrogen-bond donors (Lipinski definition) is 2. The number of aromatic nitrogens is 3. The zero-order chi connectivity index (χ0) is 15.1. The number of fused-ring (bicyclic) bond motifs is 1. The lowest BCUT2D eigenvalue weighted by Crippen LogP contribution is -2.05. The second-order valence-corrected chi connectivity index (χ2v) is 6.05. The molecule has 0 bridgehead atoms. The molecule has 2 aromatic heterocycles. The molecule has 5 nitrogen and oxygen atoms in total. The van der Waals surface area contributed by atoms with Crippen molar-refractivity contribution in [2.24, 2.45) is 0 Å². The van der Waals surface area contributed by atoms with Crippen molar-refractivity contribution in [3.8, 4) is 0 Å². The van der Waals surface area contributed by atoms with Gasteiger partial charge in [-0.05, 0) is 48.9 Å². The summed E-state index contributed by atoms with van der Waals surface area (Å²) in [6.07, 6.45) is 7.05. The van der Waals surface area contributed by atoms with E-state index in [4.69, 9.17) is 11.5 Å². The second-order valence-electron chi connectivity index (χ2n) is 6.05. The van der Waals surface area contributed by atoms with E-state index < -0.39 is 0 Å². The molecule has 4 N–H and O–H groups in total. The van der Waals surface area contributed by atoms with Gasteiger partial charge in [0, 0.05) is 17.9 Å². The van der Waals surface area contributed by atoms with Crippen LogP contribution in [0.5, 0.6) is 0 Å². The Morgan fingerprint density at radius 2 is 2.00 bits per heavy atom. The minimum absolute atomic E-state index is 0.457. The monoisotopic (exact) mass is 293 g/mol. The summed E-state index contributed by atoms with van der Waals surface area (Å²) in [6, 6.07) is 10.7. The summed E-state index contributed by atoms with van der Waals surface area (Å²) in [5.41, 5.74) is 15.0. The fourth-order valence-electron chi connectivity index (χ4n) is 3.61. The van der Waals surface area contributed by atoms with Crippen LogP contribution in [0.25, 0.3) is 11.0 Å². The molecule has 2 heterocycles. The number of hydrogen-bond acceptors (Lipinski definition) is 4. The van der Waals surface area contributed by atoms with Crippen LogP contribution in [0.15, 0.2) is 42.9 Å². The molecular weight excluding hydrogens is 274 g/mol. The smallest absolute Gasteiger partial charge is 0.145 e. The van der Waals surface area contributed by atoms with Crippen molar-refractivity contribution in [1.29, 1.82) is 0 Å². The number of rotatable bonds is 2. The summed E-state index contributed by atoms with van der Waals surface area (Å²) in [5, 5.41) is 0.940. The highest BCUT2D eigenvalue weighted by atomic mass is 15.1. The van der Waals surface area contributed by atoms with Crippen LogP contribution >= 0.6 is 0 Å². The quantitative estimate of drug-likeness (QED) is 0.711. The summed E-state index contributed by atoms with van der Waals surface area (Å²) >= 11 is 0. The SMILES string of the molecule is Nc1cccc(C2CCC(n3ccc4c(N)ncnc43)C2)c1. The predicted molar refractivity (Wildman–Crippen MR) is 88.4 cm³/mol. The van der Waals surface area contributed by atoms with Gasteiger partial charge in [0.15, 0.2) is 0 Å². The number of nitrogen functional groups attached to an aromatic ring is 2. The molecule has 1 fully saturated rings. The normalized spacial score (nSPS) is 21.5. The van der Waals surface area contributed by atoms with E-state index in [9.17, 15) is 0 Å². The van der Waals surface area contributed by atoms with Gasteiger partial charge in [-0.3, -0.25) is 0 Å². The molecule has 1 aliphatic carbocycles. The summed E-state index contributed by atoms with van der Waals surface area (Å²) in [6.45, 7) is 0. The van der Waals surface area contributed by atoms with Gasteiger partial charge in [-0.25, -0.2) is 9.97 Å². The average molecular weight is 293 g/mol. The minimum atomic E-state index is 0.457. The van der Waals surface area contributed by atoms with Crippen LogP contribution in [0.3, 0.4) is 0 Å². The zero-order valence-electron chi connectivity index (χ0n) is 12.3. The molecule has 1 aliphatic rings. The molecule has 0 radical (unpaired) electrons. The number of benzene rings is 1. The van der Waals surface area contributed by atoms with E-state index >= 15 is 0 Å². The largest absolute Gasteiger partial charge is 0.399 e. The maximum absolute atomic E-state index is 5.92. The molecule has 4 rings (SSSR count). The molecule has 1 saturated carbocycles. The topological polar surface area (TPSA) is 82.8 Å². The maximum Gasteiger partial charge on any atom is 0.145 e. The van der Waals surface area contributed by atoms with E-state index in [-0.39, 0.29) is 0 Å². The Morgan fingerprint density at radius 3 is 2.86 bits per heavy atom. The van der Waals surface area contributed by atoms with Crippen molar-refractivity contribution in [3.05, 3.63) is 48.4 Å².